The van der Waals surface area contributed by atoms with Crippen LogP contribution in [0.25, 0.3) is 0 Å². The highest BCUT2D eigenvalue weighted by atomic mass is 16.1. The van der Waals surface area contributed by atoms with Gasteiger partial charge in [0.25, 0.3) is 0 Å². The second-order valence-electron chi connectivity index (χ2n) is 6.10. The van der Waals surface area contributed by atoms with Crippen LogP contribution in [-0.2, 0) is 4.79 Å². The van der Waals surface area contributed by atoms with Crippen molar-refractivity contribution in [3.63, 3.8) is 0 Å². The van der Waals surface area contributed by atoms with Crippen LogP contribution in [0.5, 0.6) is 0 Å². The summed E-state index contributed by atoms with van der Waals surface area (Å²) in [6.45, 7) is 4.76. The van der Waals surface area contributed by atoms with Gasteiger partial charge in [-0.25, -0.2) is 0 Å². The predicted octanol–water partition coefficient (Wildman–Crippen LogP) is 3.32. The van der Waals surface area contributed by atoms with Gasteiger partial charge in [-0.05, 0) is 31.8 Å². The summed E-state index contributed by atoms with van der Waals surface area (Å²) in [7, 11) is 0. The Morgan fingerprint density at radius 2 is 1.84 bits per heavy atom. The summed E-state index contributed by atoms with van der Waals surface area (Å²) in [5.41, 5.74) is 5.35. The van der Waals surface area contributed by atoms with Crippen LogP contribution in [0.4, 0.5) is 0 Å². The molecule has 0 bridgehead atoms. The molecule has 0 aromatic carbocycles. The topological polar surface area (TPSA) is 46.3 Å². The second-order valence-corrected chi connectivity index (χ2v) is 6.10. The van der Waals surface area contributed by atoms with Gasteiger partial charge in [0.2, 0.25) is 5.91 Å². The number of primary amides is 1. The lowest BCUT2D eigenvalue weighted by Crippen LogP contribution is -2.36. The lowest BCUT2D eigenvalue weighted by Gasteiger charge is -2.26. The van der Waals surface area contributed by atoms with Gasteiger partial charge in [-0.2, -0.15) is 0 Å². The monoisotopic (exact) mass is 268 g/mol. The summed E-state index contributed by atoms with van der Waals surface area (Å²) in [6, 6.07) is 0. The minimum atomic E-state index is -0.181. The van der Waals surface area contributed by atoms with Crippen molar-refractivity contribution >= 4 is 5.91 Å². The fraction of sp³-hybridized carbons (Fsp3) is 0.938. The van der Waals surface area contributed by atoms with Gasteiger partial charge in [0.05, 0.1) is 6.54 Å². The third-order valence-electron chi connectivity index (χ3n) is 4.29. The summed E-state index contributed by atoms with van der Waals surface area (Å²) >= 11 is 0. The Kier molecular flexibility index (Phi) is 8.89. The number of hydrogen-bond donors (Lipinski definition) is 1. The van der Waals surface area contributed by atoms with Crippen molar-refractivity contribution in [2.24, 2.45) is 11.7 Å². The van der Waals surface area contributed by atoms with E-state index in [9.17, 15) is 4.79 Å². The van der Waals surface area contributed by atoms with Crippen molar-refractivity contribution in [3.05, 3.63) is 0 Å². The van der Waals surface area contributed by atoms with E-state index in [1.54, 1.807) is 0 Å². The first-order valence-corrected chi connectivity index (χ1v) is 8.23. The average molecular weight is 268 g/mol. The Labute approximate surface area is 118 Å². The molecule has 0 saturated heterocycles. The zero-order valence-corrected chi connectivity index (χ0v) is 12.7. The maximum Gasteiger partial charge on any atom is 0.231 e. The minimum absolute atomic E-state index is 0.181. The summed E-state index contributed by atoms with van der Waals surface area (Å²) < 4.78 is 0. The van der Waals surface area contributed by atoms with Crippen molar-refractivity contribution in [3.8, 4) is 0 Å². The van der Waals surface area contributed by atoms with Crippen LogP contribution in [0.2, 0.25) is 0 Å². The molecule has 0 aliphatic heterocycles. The van der Waals surface area contributed by atoms with Gasteiger partial charge in [0, 0.05) is 0 Å². The number of nitrogens with two attached hydrogens (primary N) is 1. The molecule has 0 aromatic rings. The number of rotatable bonds is 10. The zero-order valence-electron chi connectivity index (χ0n) is 12.7. The summed E-state index contributed by atoms with van der Waals surface area (Å²) in [5, 5.41) is 0. The van der Waals surface area contributed by atoms with Gasteiger partial charge in [-0.3, -0.25) is 9.69 Å². The molecule has 112 valence electrons. The molecule has 1 aliphatic rings. The molecule has 3 heteroatoms. The number of nitrogens with zero attached hydrogens (tertiary/aromatic N) is 1. The lowest BCUT2D eigenvalue weighted by molar-refractivity contribution is -0.119. The molecule has 0 spiro atoms. The van der Waals surface area contributed by atoms with Crippen molar-refractivity contribution in [2.75, 3.05) is 19.6 Å². The van der Waals surface area contributed by atoms with E-state index in [4.69, 9.17) is 5.73 Å². The molecule has 2 N–H and O–H groups in total. The highest BCUT2D eigenvalue weighted by Crippen LogP contribution is 2.26. The molecular weight excluding hydrogens is 236 g/mol. The Balaban J connectivity index is 2.21. The first kappa shape index (κ1) is 16.5. The van der Waals surface area contributed by atoms with Crippen molar-refractivity contribution in [2.45, 2.75) is 71.1 Å². The number of carbonyl (C=O) groups is 1. The maximum absolute atomic E-state index is 11.1. The van der Waals surface area contributed by atoms with Crippen LogP contribution in [0.1, 0.15) is 71.1 Å². The fourth-order valence-electron chi connectivity index (χ4n) is 3.09. The minimum Gasteiger partial charge on any atom is -0.369 e. The SMILES string of the molecule is CCCCCCN(CCC1CCCCC1)CC(N)=O. The number of amides is 1. The highest BCUT2D eigenvalue weighted by Gasteiger charge is 2.15. The smallest absolute Gasteiger partial charge is 0.231 e. The Hall–Kier alpha value is -0.570. The van der Waals surface area contributed by atoms with Crippen molar-refractivity contribution in [1.82, 2.24) is 4.90 Å². The Morgan fingerprint density at radius 3 is 2.47 bits per heavy atom. The van der Waals surface area contributed by atoms with Crippen LogP contribution in [0.15, 0.2) is 0 Å². The van der Waals surface area contributed by atoms with Crippen LogP contribution >= 0.6 is 0 Å². The van der Waals surface area contributed by atoms with E-state index < -0.39 is 0 Å². The first-order valence-electron chi connectivity index (χ1n) is 8.23. The Bertz CT molecular complexity index is 237. The van der Waals surface area contributed by atoms with Gasteiger partial charge in [-0.1, -0.05) is 58.3 Å². The fourth-order valence-corrected chi connectivity index (χ4v) is 3.09. The Morgan fingerprint density at radius 1 is 1.11 bits per heavy atom. The van der Waals surface area contributed by atoms with Crippen molar-refractivity contribution in [1.29, 1.82) is 0 Å². The average Bonchev–Trinajstić information content (AvgIpc) is 2.41. The van der Waals surface area contributed by atoms with Gasteiger partial charge in [-0.15, -0.1) is 0 Å². The molecule has 1 rings (SSSR count). The maximum atomic E-state index is 11.1. The van der Waals surface area contributed by atoms with Crippen LogP contribution in [0, 0.1) is 5.92 Å². The van der Waals surface area contributed by atoms with E-state index in [1.165, 1.54) is 64.2 Å². The van der Waals surface area contributed by atoms with Gasteiger partial charge in [0.15, 0.2) is 0 Å². The van der Waals surface area contributed by atoms with Crippen LogP contribution in [-0.4, -0.2) is 30.4 Å². The van der Waals surface area contributed by atoms with Crippen molar-refractivity contribution < 1.29 is 4.79 Å². The zero-order chi connectivity index (χ0) is 13.9. The molecule has 1 aliphatic carbocycles. The molecule has 3 nitrogen and oxygen atoms in total. The molecule has 19 heavy (non-hydrogen) atoms. The summed E-state index contributed by atoms with van der Waals surface area (Å²) in [4.78, 5) is 13.4. The molecule has 0 heterocycles. The molecule has 1 fully saturated rings. The third kappa shape index (κ3) is 8.25. The van der Waals surface area contributed by atoms with E-state index >= 15 is 0 Å². The first-order chi connectivity index (χ1) is 9.22. The van der Waals surface area contributed by atoms with Gasteiger partial charge >= 0.3 is 0 Å². The molecule has 0 aromatic heterocycles. The van der Waals surface area contributed by atoms with Gasteiger partial charge < -0.3 is 5.73 Å². The quantitative estimate of drug-likeness (QED) is 0.618. The van der Waals surface area contributed by atoms with E-state index in [0.717, 1.165) is 19.0 Å². The predicted molar refractivity (Wildman–Crippen MR) is 81.0 cm³/mol. The number of unbranched alkanes of at least 4 members (excludes halogenated alkanes) is 3. The molecule has 0 unspecified atom stereocenters. The third-order valence-corrected chi connectivity index (χ3v) is 4.29. The highest BCUT2D eigenvalue weighted by molar-refractivity contribution is 5.75. The molecule has 1 saturated carbocycles. The second kappa shape index (κ2) is 10.2. The van der Waals surface area contributed by atoms with Crippen LogP contribution < -0.4 is 5.73 Å². The molecule has 0 atom stereocenters. The van der Waals surface area contributed by atoms with E-state index in [0.29, 0.717) is 6.54 Å². The lowest BCUT2D eigenvalue weighted by atomic mass is 9.87. The number of hydrogen-bond acceptors (Lipinski definition) is 2. The van der Waals surface area contributed by atoms with Gasteiger partial charge in [0.1, 0.15) is 0 Å². The normalized spacial score (nSPS) is 16.9. The largest absolute Gasteiger partial charge is 0.369 e. The molecular formula is C16H32N2O. The summed E-state index contributed by atoms with van der Waals surface area (Å²) in [5.74, 6) is 0.707. The standard InChI is InChI=1S/C16H32N2O/c1-2-3-4-8-12-18(14-16(17)19)13-11-15-9-6-5-7-10-15/h15H,2-14H2,1H3,(H2,17,19). The molecule has 0 radical (unpaired) electrons. The van der Waals surface area contributed by atoms with E-state index in [1.807, 2.05) is 0 Å². The van der Waals surface area contributed by atoms with Crippen LogP contribution in [0.3, 0.4) is 0 Å². The summed E-state index contributed by atoms with van der Waals surface area (Å²) in [6.07, 6.45) is 13.3. The number of carbonyl (C=O) groups excluding carboxylic acids is 1. The molecule has 1 amide bonds. The van der Waals surface area contributed by atoms with E-state index in [2.05, 4.69) is 11.8 Å². The van der Waals surface area contributed by atoms with E-state index in [-0.39, 0.29) is 5.91 Å².